The Kier molecular flexibility index (Phi) is 1.68. The highest BCUT2D eigenvalue weighted by atomic mass is 32.1. The SMILES string of the molecule is C[C@H]1c2ccccc2C[C@H]1S. The fourth-order valence-corrected chi connectivity index (χ4v) is 2.13. The lowest BCUT2D eigenvalue weighted by atomic mass is 10.0. The Morgan fingerprint density at radius 2 is 2.09 bits per heavy atom. The fourth-order valence-electron chi connectivity index (χ4n) is 1.77. The summed E-state index contributed by atoms with van der Waals surface area (Å²) in [5.74, 6) is 0.634. The maximum Gasteiger partial charge on any atom is 0.0123 e. The van der Waals surface area contributed by atoms with E-state index in [0.717, 1.165) is 6.42 Å². The van der Waals surface area contributed by atoms with Crippen LogP contribution in [-0.4, -0.2) is 5.25 Å². The summed E-state index contributed by atoms with van der Waals surface area (Å²) in [5, 5.41) is 0.535. The zero-order valence-electron chi connectivity index (χ0n) is 6.62. The first-order valence-corrected chi connectivity index (χ1v) is 4.56. The lowest BCUT2D eigenvalue weighted by molar-refractivity contribution is 0.771. The van der Waals surface area contributed by atoms with Crippen molar-refractivity contribution < 1.29 is 0 Å². The van der Waals surface area contributed by atoms with Gasteiger partial charge in [0.05, 0.1) is 0 Å². The normalized spacial score (nSPS) is 28.5. The number of hydrogen-bond acceptors (Lipinski definition) is 1. The molecule has 2 atom stereocenters. The van der Waals surface area contributed by atoms with Gasteiger partial charge < -0.3 is 0 Å². The van der Waals surface area contributed by atoms with Crippen LogP contribution in [0.4, 0.5) is 0 Å². The van der Waals surface area contributed by atoms with E-state index in [9.17, 15) is 0 Å². The predicted molar refractivity (Wildman–Crippen MR) is 51.3 cm³/mol. The van der Waals surface area contributed by atoms with Crippen molar-refractivity contribution in [1.29, 1.82) is 0 Å². The molecule has 0 N–H and O–H groups in total. The van der Waals surface area contributed by atoms with Crippen molar-refractivity contribution in [2.45, 2.75) is 24.5 Å². The highest BCUT2D eigenvalue weighted by Crippen LogP contribution is 2.35. The molecule has 1 heteroatoms. The van der Waals surface area contributed by atoms with Crippen molar-refractivity contribution >= 4 is 12.6 Å². The van der Waals surface area contributed by atoms with Crippen molar-refractivity contribution in [2.24, 2.45) is 0 Å². The minimum absolute atomic E-state index is 0.535. The van der Waals surface area contributed by atoms with Crippen LogP contribution in [0.15, 0.2) is 24.3 Å². The van der Waals surface area contributed by atoms with Crippen molar-refractivity contribution in [1.82, 2.24) is 0 Å². The number of hydrogen-bond donors (Lipinski definition) is 1. The van der Waals surface area contributed by atoms with Crippen LogP contribution >= 0.6 is 12.6 Å². The second-order valence-corrected chi connectivity index (χ2v) is 3.92. The van der Waals surface area contributed by atoms with E-state index in [-0.39, 0.29) is 0 Å². The highest BCUT2D eigenvalue weighted by molar-refractivity contribution is 7.81. The Hall–Kier alpha value is -0.430. The molecular weight excluding hydrogens is 152 g/mol. The van der Waals surface area contributed by atoms with Crippen LogP contribution in [0.25, 0.3) is 0 Å². The molecule has 0 aromatic heterocycles. The van der Waals surface area contributed by atoms with Gasteiger partial charge in [-0.25, -0.2) is 0 Å². The zero-order chi connectivity index (χ0) is 7.84. The molecule has 2 rings (SSSR count). The van der Waals surface area contributed by atoms with Crippen LogP contribution in [0.1, 0.15) is 24.0 Å². The second-order valence-electron chi connectivity index (χ2n) is 3.26. The first-order chi connectivity index (χ1) is 5.29. The molecule has 0 nitrogen and oxygen atoms in total. The third-order valence-electron chi connectivity index (χ3n) is 2.55. The van der Waals surface area contributed by atoms with Gasteiger partial charge in [0.15, 0.2) is 0 Å². The quantitative estimate of drug-likeness (QED) is 0.560. The first-order valence-electron chi connectivity index (χ1n) is 4.05. The average molecular weight is 164 g/mol. The molecule has 0 bridgehead atoms. The van der Waals surface area contributed by atoms with Crippen molar-refractivity contribution in [3.8, 4) is 0 Å². The third kappa shape index (κ3) is 1.08. The molecule has 0 spiro atoms. The lowest BCUT2D eigenvalue weighted by Crippen LogP contribution is -2.01. The van der Waals surface area contributed by atoms with Gasteiger partial charge in [-0.3, -0.25) is 0 Å². The van der Waals surface area contributed by atoms with Crippen molar-refractivity contribution in [2.75, 3.05) is 0 Å². The van der Waals surface area contributed by atoms with Crippen LogP contribution in [0.2, 0.25) is 0 Å². The molecule has 1 aliphatic carbocycles. The van der Waals surface area contributed by atoms with Gasteiger partial charge in [0.25, 0.3) is 0 Å². The van der Waals surface area contributed by atoms with Gasteiger partial charge in [-0.05, 0) is 23.5 Å². The molecule has 1 aliphatic rings. The Bertz CT molecular complexity index is 267. The molecule has 0 aliphatic heterocycles. The van der Waals surface area contributed by atoms with Crippen LogP contribution < -0.4 is 0 Å². The number of fused-ring (bicyclic) bond motifs is 1. The van der Waals surface area contributed by atoms with E-state index in [1.165, 1.54) is 11.1 Å². The smallest absolute Gasteiger partial charge is 0.0123 e. The summed E-state index contributed by atoms with van der Waals surface area (Å²) in [6, 6.07) is 8.65. The van der Waals surface area contributed by atoms with E-state index >= 15 is 0 Å². The van der Waals surface area contributed by atoms with Crippen LogP contribution in [0.5, 0.6) is 0 Å². The molecular formula is C10H12S. The van der Waals surface area contributed by atoms with E-state index in [0.29, 0.717) is 11.2 Å². The topological polar surface area (TPSA) is 0 Å². The molecule has 0 heterocycles. The van der Waals surface area contributed by atoms with Gasteiger partial charge in [-0.15, -0.1) is 0 Å². The summed E-state index contributed by atoms with van der Waals surface area (Å²) in [5.41, 5.74) is 2.98. The summed E-state index contributed by atoms with van der Waals surface area (Å²) in [7, 11) is 0. The third-order valence-corrected chi connectivity index (χ3v) is 3.18. The summed E-state index contributed by atoms with van der Waals surface area (Å²) in [6.45, 7) is 2.25. The summed E-state index contributed by atoms with van der Waals surface area (Å²) < 4.78 is 0. The van der Waals surface area contributed by atoms with Crippen molar-refractivity contribution in [3.63, 3.8) is 0 Å². The Morgan fingerprint density at radius 1 is 1.36 bits per heavy atom. The molecule has 11 heavy (non-hydrogen) atoms. The highest BCUT2D eigenvalue weighted by Gasteiger charge is 2.25. The monoisotopic (exact) mass is 164 g/mol. The summed E-state index contributed by atoms with van der Waals surface area (Å²) in [4.78, 5) is 0. The average Bonchev–Trinajstić information content (AvgIpc) is 2.30. The van der Waals surface area contributed by atoms with Gasteiger partial charge >= 0.3 is 0 Å². The van der Waals surface area contributed by atoms with Gasteiger partial charge in [0.2, 0.25) is 0 Å². The largest absolute Gasteiger partial charge is 0.175 e. The zero-order valence-corrected chi connectivity index (χ0v) is 7.51. The molecule has 0 fully saturated rings. The summed E-state index contributed by atoms with van der Waals surface area (Å²) in [6.07, 6.45) is 1.14. The van der Waals surface area contributed by atoms with Gasteiger partial charge in [0, 0.05) is 5.25 Å². The lowest BCUT2D eigenvalue weighted by Gasteiger charge is -2.07. The Labute approximate surface area is 73.0 Å². The minimum atomic E-state index is 0.535. The van der Waals surface area contributed by atoms with Crippen LogP contribution in [0.3, 0.4) is 0 Å². The molecule has 0 amide bonds. The van der Waals surface area contributed by atoms with E-state index in [2.05, 4.69) is 43.8 Å². The number of thiol groups is 1. The van der Waals surface area contributed by atoms with E-state index in [1.807, 2.05) is 0 Å². The molecule has 1 aromatic rings. The van der Waals surface area contributed by atoms with E-state index in [4.69, 9.17) is 0 Å². The molecule has 0 saturated heterocycles. The molecule has 1 aromatic carbocycles. The standard InChI is InChI=1S/C10H12S/c1-7-9-5-3-2-4-8(9)6-10(7)11/h2-5,7,10-11H,6H2,1H3/t7-,10+/m0/s1. The molecule has 0 unspecified atom stereocenters. The van der Waals surface area contributed by atoms with E-state index < -0.39 is 0 Å². The predicted octanol–water partition coefficient (Wildman–Crippen LogP) is 2.64. The first kappa shape index (κ1) is 7.23. The number of benzene rings is 1. The van der Waals surface area contributed by atoms with Crippen molar-refractivity contribution in [3.05, 3.63) is 35.4 Å². The van der Waals surface area contributed by atoms with Gasteiger partial charge in [-0.2, -0.15) is 12.6 Å². The molecule has 58 valence electrons. The van der Waals surface area contributed by atoms with Crippen LogP contribution in [-0.2, 0) is 6.42 Å². The number of rotatable bonds is 0. The second kappa shape index (κ2) is 2.56. The van der Waals surface area contributed by atoms with Gasteiger partial charge in [0.1, 0.15) is 0 Å². The van der Waals surface area contributed by atoms with E-state index in [1.54, 1.807) is 0 Å². The molecule has 0 saturated carbocycles. The maximum atomic E-state index is 4.53. The minimum Gasteiger partial charge on any atom is -0.175 e. The summed E-state index contributed by atoms with van der Waals surface area (Å²) >= 11 is 4.53. The van der Waals surface area contributed by atoms with Crippen LogP contribution in [0, 0.1) is 0 Å². The maximum absolute atomic E-state index is 4.53. The Balaban J connectivity index is 2.47. The molecule has 0 radical (unpaired) electrons. The Morgan fingerprint density at radius 3 is 2.82 bits per heavy atom. The fraction of sp³-hybridized carbons (Fsp3) is 0.400. The van der Waals surface area contributed by atoms with Gasteiger partial charge in [-0.1, -0.05) is 31.2 Å².